The first-order valence-electron chi connectivity index (χ1n) is 9.04. The van der Waals surface area contributed by atoms with Gasteiger partial charge in [-0.25, -0.2) is 14.1 Å². The van der Waals surface area contributed by atoms with Gasteiger partial charge in [-0.1, -0.05) is 0 Å². The molecule has 5 aromatic heterocycles. The van der Waals surface area contributed by atoms with Crippen molar-refractivity contribution >= 4 is 32.6 Å². The number of halogens is 1. The van der Waals surface area contributed by atoms with Crippen molar-refractivity contribution < 1.29 is 9.13 Å². The Hall–Kier alpha value is -3.54. The van der Waals surface area contributed by atoms with Gasteiger partial charge in [0.05, 0.1) is 42.6 Å². The molecule has 12 heteroatoms. The van der Waals surface area contributed by atoms with Crippen LogP contribution in [0.4, 0.5) is 4.39 Å². The molecule has 0 atom stereocenters. The number of nitrogens with one attached hydrogen (secondary N) is 1. The summed E-state index contributed by atoms with van der Waals surface area (Å²) < 4.78 is 24.6. The summed E-state index contributed by atoms with van der Waals surface area (Å²) in [6, 6.07) is 0. The van der Waals surface area contributed by atoms with Crippen LogP contribution in [0.1, 0.15) is 16.4 Å². The fourth-order valence-electron chi connectivity index (χ4n) is 3.53. The Bertz CT molecular complexity index is 1460. The molecule has 5 aromatic rings. The van der Waals surface area contributed by atoms with Crippen LogP contribution in [0.15, 0.2) is 23.4 Å². The van der Waals surface area contributed by atoms with E-state index in [-0.39, 0.29) is 24.3 Å². The number of nitrogens with zero attached hydrogens (tertiary/aromatic N) is 7. The second-order valence-corrected chi connectivity index (χ2v) is 7.96. The zero-order valence-corrected chi connectivity index (χ0v) is 17.2. The number of H-pyrrole nitrogens is 1. The lowest BCUT2D eigenvalue weighted by molar-refractivity contribution is 0.407. The van der Waals surface area contributed by atoms with Gasteiger partial charge in [0.25, 0.3) is 5.56 Å². The van der Waals surface area contributed by atoms with E-state index in [0.717, 1.165) is 15.1 Å². The lowest BCUT2D eigenvalue weighted by Crippen LogP contribution is -2.24. The number of hydrogen-bond acceptors (Lipinski definition) is 7. The van der Waals surface area contributed by atoms with Gasteiger partial charge in [0.15, 0.2) is 17.2 Å². The zero-order valence-electron chi connectivity index (χ0n) is 16.4. The fraction of sp³-hybridized carbons (Fsp3) is 0.278. The Morgan fingerprint density at radius 1 is 1.30 bits per heavy atom. The molecule has 0 fully saturated rings. The molecule has 0 saturated heterocycles. The van der Waals surface area contributed by atoms with Gasteiger partial charge < -0.3 is 9.30 Å². The van der Waals surface area contributed by atoms with Crippen LogP contribution < -0.4 is 10.3 Å². The van der Waals surface area contributed by atoms with Crippen molar-refractivity contribution in [3.63, 3.8) is 0 Å². The van der Waals surface area contributed by atoms with Crippen molar-refractivity contribution in [2.75, 3.05) is 7.11 Å². The molecule has 0 spiro atoms. The Balaban J connectivity index is 1.57. The summed E-state index contributed by atoms with van der Waals surface area (Å²) in [5.41, 5.74) is 1.93. The van der Waals surface area contributed by atoms with Gasteiger partial charge in [-0.2, -0.15) is 15.3 Å². The van der Waals surface area contributed by atoms with Gasteiger partial charge in [-0.05, 0) is 0 Å². The minimum absolute atomic E-state index is 0.203. The number of aromatic nitrogens is 8. The van der Waals surface area contributed by atoms with E-state index in [2.05, 4.69) is 25.4 Å². The van der Waals surface area contributed by atoms with Crippen molar-refractivity contribution in [3.8, 4) is 5.75 Å². The van der Waals surface area contributed by atoms with Gasteiger partial charge in [0, 0.05) is 25.9 Å². The van der Waals surface area contributed by atoms with Crippen LogP contribution in [0.2, 0.25) is 0 Å². The maximum absolute atomic E-state index is 13.9. The Morgan fingerprint density at radius 2 is 2.13 bits per heavy atom. The largest absolute Gasteiger partial charge is 0.493 e. The third-order valence-electron chi connectivity index (χ3n) is 4.95. The molecule has 0 saturated carbocycles. The second kappa shape index (κ2) is 6.76. The first-order chi connectivity index (χ1) is 14.5. The maximum Gasteiger partial charge on any atom is 0.291 e. The number of aromatic amines is 1. The first-order valence-corrected chi connectivity index (χ1v) is 9.86. The summed E-state index contributed by atoms with van der Waals surface area (Å²) in [6.07, 6.45) is 4.83. The normalized spacial score (nSPS) is 11.7. The van der Waals surface area contributed by atoms with Crippen LogP contribution >= 0.6 is 11.3 Å². The molecule has 10 nitrogen and oxygen atoms in total. The number of methoxy groups -OCH3 is 1. The van der Waals surface area contributed by atoms with Crippen molar-refractivity contribution in [2.45, 2.75) is 13.0 Å². The molecule has 0 aromatic carbocycles. The van der Waals surface area contributed by atoms with Gasteiger partial charge in [0.1, 0.15) is 16.2 Å². The van der Waals surface area contributed by atoms with Crippen molar-refractivity contribution in [3.05, 3.63) is 51.2 Å². The third kappa shape index (κ3) is 2.79. The summed E-state index contributed by atoms with van der Waals surface area (Å²) in [5, 5.41) is 16.7. The SMILES string of the molecule is COc1cn[nH]c1Cn1ncc2c3sc(Cc4nn(C)cc4F)nc3n(C)c2c1=O. The van der Waals surface area contributed by atoms with Gasteiger partial charge in [0.2, 0.25) is 0 Å². The zero-order chi connectivity index (χ0) is 21.0. The minimum Gasteiger partial charge on any atom is -0.493 e. The number of ether oxygens (including phenoxy) is 1. The Labute approximate surface area is 172 Å². The quantitative estimate of drug-likeness (QED) is 0.455. The van der Waals surface area contributed by atoms with E-state index >= 15 is 0 Å². The number of aryl methyl sites for hydroxylation is 2. The van der Waals surface area contributed by atoms with E-state index in [0.29, 0.717) is 28.3 Å². The molecule has 30 heavy (non-hydrogen) atoms. The number of rotatable bonds is 5. The number of fused-ring (bicyclic) bond motifs is 3. The Morgan fingerprint density at radius 3 is 2.87 bits per heavy atom. The molecular formula is C18H17FN8O2S. The molecule has 0 amide bonds. The predicted molar refractivity (Wildman–Crippen MR) is 108 cm³/mol. The van der Waals surface area contributed by atoms with E-state index in [4.69, 9.17) is 4.74 Å². The summed E-state index contributed by atoms with van der Waals surface area (Å²) in [4.78, 5) is 17.7. The van der Waals surface area contributed by atoms with Gasteiger partial charge >= 0.3 is 0 Å². The van der Waals surface area contributed by atoms with E-state index < -0.39 is 0 Å². The molecule has 0 aliphatic rings. The average molecular weight is 428 g/mol. The molecule has 1 N–H and O–H groups in total. The molecule has 0 aliphatic carbocycles. The molecule has 0 bridgehead atoms. The van der Waals surface area contributed by atoms with Crippen molar-refractivity contribution in [2.24, 2.45) is 14.1 Å². The second-order valence-electron chi connectivity index (χ2n) is 6.88. The highest BCUT2D eigenvalue weighted by molar-refractivity contribution is 7.19. The van der Waals surface area contributed by atoms with Crippen LogP contribution in [0.25, 0.3) is 21.3 Å². The molecule has 0 unspecified atom stereocenters. The van der Waals surface area contributed by atoms with Crippen LogP contribution in [-0.4, -0.2) is 46.4 Å². The Kier molecular flexibility index (Phi) is 4.17. The van der Waals surface area contributed by atoms with E-state index in [1.54, 1.807) is 38.2 Å². The van der Waals surface area contributed by atoms with Crippen LogP contribution in [0.3, 0.4) is 0 Å². The monoisotopic (exact) mass is 428 g/mol. The summed E-state index contributed by atoms with van der Waals surface area (Å²) in [7, 11) is 5.01. The highest BCUT2D eigenvalue weighted by Gasteiger charge is 2.20. The molecule has 0 radical (unpaired) electrons. The van der Waals surface area contributed by atoms with Crippen LogP contribution in [0, 0.1) is 5.82 Å². The summed E-state index contributed by atoms with van der Waals surface area (Å²) in [6.45, 7) is 0.203. The molecule has 154 valence electrons. The lowest BCUT2D eigenvalue weighted by atomic mass is 10.3. The van der Waals surface area contributed by atoms with Crippen LogP contribution in [-0.2, 0) is 27.1 Å². The number of thiazole rings is 1. The molecule has 5 heterocycles. The van der Waals surface area contributed by atoms with E-state index in [1.165, 1.54) is 26.9 Å². The van der Waals surface area contributed by atoms with Crippen molar-refractivity contribution in [1.29, 1.82) is 0 Å². The lowest BCUT2D eigenvalue weighted by Gasteiger charge is -2.05. The minimum atomic E-state index is -0.361. The smallest absolute Gasteiger partial charge is 0.291 e. The molecule has 0 aliphatic heterocycles. The summed E-state index contributed by atoms with van der Waals surface area (Å²) in [5.74, 6) is 0.199. The maximum atomic E-state index is 13.9. The summed E-state index contributed by atoms with van der Waals surface area (Å²) >= 11 is 1.41. The van der Waals surface area contributed by atoms with E-state index in [1.807, 2.05) is 0 Å². The van der Waals surface area contributed by atoms with Crippen LogP contribution in [0.5, 0.6) is 5.75 Å². The molecular weight excluding hydrogens is 411 g/mol. The highest BCUT2D eigenvalue weighted by atomic mass is 32.1. The third-order valence-corrected chi connectivity index (χ3v) is 6.03. The highest BCUT2D eigenvalue weighted by Crippen LogP contribution is 2.31. The number of hydrogen-bond donors (Lipinski definition) is 1. The first kappa shape index (κ1) is 18.5. The van der Waals surface area contributed by atoms with Crippen molar-refractivity contribution in [1.82, 2.24) is 39.3 Å². The van der Waals surface area contributed by atoms with Gasteiger partial charge in [-0.15, -0.1) is 11.3 Å². The van der Waals surface area contributed by atoms with E-state index in [9.17, 15) is 9.18 Å². The topological polar surface area (TPSA) is 108 Å². The predicted octanol–water partition coefficient (Wildman–Crippen LogP) is 1.59. The molecule has 5 rings (SSSR count). The van der Waals surface area contributed by atoms with Gasteiger partial charge in [-0.3, -0.25) is 14.6 Å². The standard InChI is InChI=1S/C18H17FN8O2S/c1-25-7-10(19)11(24-25)4-14-22-17-16(30-14)9-5-21-27(18(28)15(9)26(17)2)8-12-13(29-3)6-20-23-12/h5-7H,4,8H2,1-3H3,(H,20,23). The fourth-order valence-corrected chi connectivity index (χ4v) is 4.64. The average Bonchev–Trinajstić information content (AvgIpc) is 3.45.